The fourth-order valence-electron chi connectivity index (χ4n) is 4.09. The first-order valence-electron chi connectivity index (χ1n) is 8.09. The van der Waals surface area contributed by atoms with Crippen LogP contribution in [0.2, 0.25) is 0 Å². The van der Waals surface area contributed by atoms with Crippen molar-refractivity contribution in [1.29, 1.82) is 0 Å². The predicted molar refractivity (Wildman–Crippen MR) is 76.6 cm³/mol. The molecule has 18 heavy (non-hydrogen) atoms. The van der Waals surface area contributed by atoms with Gasteiger partial charge in [0, 0.05) is 18.7 Å². The van der Waals surface area contributed by atoms with Crippen molar-refractivity contribution >= 4 is 0 Å². The summed E-state index contributed by atoms with van der Waals surface area (Å²) in [5, 5.41) is 13.5. The lowest BCUT2D eigenvalue weighted by atomic mass is 9.76. The lowest BCUT2D eigenvalue weighted by Crippen LogP contribution is -2.50. The van der Waals surface area contributed by atoms with E-state index in [2.05, 4.69) is 19.2 Å². The van der Waals surface area contributed by atoms with Crippen LogP contribution in [-0.4, -0.2) is 23.8 Å². The minimum Gasteiger partial charge on any atom is -0.396 e. The van der Waals surface area contributed by atoms with Crippen molar-refractivity contribution in [3.63, 3.8) is 0 Å². The number of hydrogen-bond donors (Lipinski definition) is 2. The summed E-state index contributed by atoms with van der Waals surface area (Å²) in [6.45, 7) is 5.11. The van der Waals surface area contributed by atoms with Gasteiger partial charge in [0.1, 0.15) is 0 Å². The average molecular weight is 253 g/mol. The SMILES string of the molecule is CC(C)C1CCCCC1NC1CCCCC1CO. The van der Waals surface area contributed by atoms with Crippen LogP contribution in [0.4, 0.5) is 0 Å². The lowest BCUT2D eigenvalue weighted by molar-refractivity contribution is 0.117. The average Bonchev–Trinajstić information content (AvgIpc) is 2.40. The van der Waals surface area contributed by atoms with Crippen LogP contribution in [0.5, 0.6) is 0 Å². The normalized spacial score (nSPS) is 38.0. The predicted octanol–water partition coefficient (Wildman–Crippen LogP) is 3.34. The first-order valence-corrected chi connectivity index (χ1v) is 8.09. The van der Waals surface area contributed by atoms with E-state index in [0.29, 0.717) is 24.6 Å². The molecule has 0 aromatic rings. The molecule has 106 valence electrons. The fourth-order valence-corrected chi connectivity index (χ4v) is 4.09. The van der Waals surface area contributed by atoms with Gasteiger partial charge in [-0.3, -0.25) is 0 Å². The quantitative estimate of drug-likeness (QED) is 0.805. The summed E-state index contributed by atoms with van der Waals surface area (Å²) in [5.41, 5.74) is 0. The summed E-state index contributed by atoms with van der Waals surface area (Å²) in [5.74, 6) is 2.15. The van der Waals surface area contributed by atoms with Gasteiger partial charge in [-0.1, -0.05) is 39.5 Å². The summed E-state index contributed by atoms with van der Waals surface area (Å²) in [7, 11) is 0. The Bertz CT molecular complexity index is 241. The zero-order chi connectivity index (χ0) is 13.0. The van der Waals surface area contributed by atoms with Crippen molar-refractivity contribution in [3.05, 3.63) is 0 Å². The van der Waals surface area contributed by atoms with Gasteiger partial charge in [0.05, 0.1) is 0 Å². The first kappa shape index (κ1) is 14.3. The van der Waals surface area contributed by atoms with Crippen molar-refractivity contribution in [2.45, 2.75) is 77.3 Å². The fraction of sp³-hybridized carbons (Fsp3) is 1.00. The molecule has 0 radical (unpaired) electrons. The summed E-state index contributed by atoms with van der Waals surface area (Å²) >= 11 is 0. The molecule has 2 fully saturated rings. The molecule has 2 aliphatic rings. The highest BCUT2D eigenvalue weighted by Crippen LogP contribution is 2.32. The van der Waals surface area contributed by atoms with E-state index in [9.17, 15) is 5.11 Å². The molecule has 2 N–H and O–H groups in total. The zero-order valence-electron chi connectivity index (χ0n) is 12.2. The molecule has 0 aromatic carbocycles. The van der Waals surface area contributed by atoms with E-state index in [-0.39, 0.29) is 0 Å². The molecule has 2 aliphatic carbocycles. The molecule has 4 atom stereocenters. The third-order valence-electron chi connectivity index (χ3n) is 5.25. The van der Waals surface area contributed by atoms with Gasteiger partial charge in [0.25, 0.3) is 0 Å². The number of aliphatic hydroxyl groups excluding tert-OH is 1. The zero-order valence-corrected chi connectivity index (χ0v) is 12.2. The van der Waals surface area contributed by atoms with Gasteiger partial charge in [-0.05, 0) is 43.4 Å². The Labute approximate surface area is 113 Å². The van der Waals surface area contributed by atoms with E-state index in [1.54, 1.807) is 0 Å². The molecular weight excluding hydrogens is 222 g/mol. The van der Waals surface area contributed by atoms with Crippen molar-refractivity contribution in [2.24, 2.45) is 17.8 Å². The smallest absolute Gasteiger partial charge is 0.0474 e. The van der Waals surface area contributed by atoms with Crippen LogP contribution < -0.4 is 5.32 Å². The number of hydrogen-bond acceptors (Lipinski definition) is 2. The highest BCUT2D eigenvalue weighted by Gasteiger charge is 2.32. The molecule has 2 saturated carbocycles. The Morgan fingerprint density at radius 3 is 2.22 bits per heavy atom. The first-order chi connectivity index (χ1) is 8.72. The van der Waals surface area contributed by atoms with Crippen LogP contribution in [0.1, 0.15) is 65.2 Å². The van der Waals surface area contributed by atoms with E-state index < -0.39 is 0 Å². The summed E-state index contributed by atoms with van der Waals surface area (Å²) < 4.78 is 0. The Morgan fingerprint density at radius 1 is 0.944 bits per heavy atom. The summed E-state index contributed by atoms with van der Waals surface area (Å²) in [6.07, 6.45) is 10.7. The molecule has 2 heteroatoms. The van der Waals surface area contributed by atoms with Gasteiger partial charge in [-0.15, -0.1) is 0 Å². The third kappa shape index (κ3) is 3.48. The second-order valence-electron chi connectivity index (χ2n) is 6.80. The molecule has 2 rings (SSSR count). The van der Waals surface area contributed by atoms with Crippen LogP contribution in [-0.2, 0) is 0 Å². The van der Waals surface area contributed by atoms with E-state index in [4.69, 9.17) is 0 Å². The van der Waals surface area contributed by atoms with E-state index in [1.165, 1.54) is 51.4 Å². The Balaban J connectivity index is 1.92. The molecular formula is C16H31NO. The monoisotopic (exact) mass is 253 g/mol. The minimum atomic E-state index is 0.372. The molecule has 0 aliphatic heterocycles. The van der Waals surface area contributed by atoms with E-state index >= 15 is 0 Å². The maximum absolute atomic E-state index is 9.53. The molecule has 0 heterocycles. The van der Waals surface area contributed by atoms with Crippen LogP contribution in [0, 0.1) is 17.8 Å². The Morgan fingerprint density at radius 2 is 1.56 bits per heavy atom. The van der Waals surface area contributed by atoms with Crippen molar-refractivity contribution in [1.82, 2.24) is 5.32 Å². The molecule has 0 amide bonds. The highest BCUT2D eigenvalue weighted by atomic mass is 16.3. The van der Waals surface area contributed by atoms with Gasteiger partial charge >= 0.3 is 0 Å². The summed E-state index contributed by atoms with van der Waals surface area (Å²) in [6, 6.07) is 1.28. The van der Waals surface area contributed by atoms with Gasteiger partial charge in [-0.2, -0.15) is 0 Å². The lowest BCUT2D eigenvalue weighted by Gasteiger charge is -2.40. The maximum atomic E-state index is 9.53. The molecule has 0 spiro atoms. The molecule has 4 unspecified atom stereocenters. The minimum absolute atomic E-state index is 0.372. The van der Waals surface area contributed by atoms with Crippen LogP contribution in [0.15, 0.2) is 0 Å². The van der Waals surface area contributed by atoms with Crippen LogP contribution >= 0.6 is 0 Å². The molecule has 0 aromatic heterocycles. The second-order valence-corrected chi connectivity index (χ2v) is 6.80. The third-order valence-corrected chi connectivity index (χ3v) is 5.25. The van der Waals surface area contributed by atoms with Gasteiger partial charge in [-0.25, -0.2) is 0 Å². The van der Waals surface area contributed by atoms with Crippen molar-refractivity contribution in [2.75, 3.05) is 6.61 Å². The van der Waals surface area contributed by atoms with Gasteiger partial charge in [0.2, 0.25) is 0 Å². The standard InChI is InChI=1S/C16H31NO/c1-12(2)14-8-4-6-10-16(14)17-15-9-5-3-7-13(15)11-18/h12-18H,3-11H2,1-2H3. The second kappa shape index (κ2) is 6.91. The maximum Gasteiger partial charge on any atom is 0.0474 e. The molecule has 2 nitrogen and oxygen atoms in total. The molecule has 0 saturated heterocycles. The largest absolute Gasteiger partial charge is 0.396 e. The molecule has 0 bridgehead atoms. The number of aliphatic hydroxyl groups is 1. The summed E-state index contributed by atoms with van der Waals surface area (Å²) in [4.78, 5) is 0. The van der Waals surface area contributed by atoms with Gasteiger partial charge < -0.3 is 10.4 Å². The number of rotatable bonds is 4. The van der Waals surface area contributed by atoms with Gasteiger partial charge in [0.15, 0.2) is 0 Å². The van der Waals surface area contributed by atoms with Crippen LogP contribution in [0.25, 0.3) is 0 Å². The topological polar surface area (TPSA) is 32.3 Å². The Kier molecular flexibility index (Phi) is 5.50. The van der Waals surface area contributed by atoms with E-state index in [0.717, 1.165) is 11.8 Å². The number of nitrogens with one attached hydrogen (secondary N) is 1. The van der Waals surface area contributed by atoms with Crippen LogP contribution in [0.3, 0.4) is 0 Å². The van der Waals surface area contributed by atoms with E-state index in [1.807, 2.05) is 0 Å². The van der Waals surface area contributed by atoms with Crippen molar-refractivity contribution < 1.29 is 5.11 Å². The van der Waals surface area contributed by atoms with Crippen molar-refractivity contribution in [3.8, 4) is 0 Å². The Hall–Kier alpha value is -0.0800. The highest BCUT2D eigenvalue weighted by molar-refractivity contribution is 4.89.